The second-order valence-corrected chi connectivity index (χ2v) is 3.17. The van der Waals surface area contributed by atoms with Crippen LogP contribution in [0.5, 0.6) is 0 Å². The van der Waals surface area contributed by atoms with E-state index in [0.717, 1.165) is 0 Å². The van der Waals surface area contributed by atoms with Crippen LogP contribution in [0.15, 0.2) is 24.3 Å². The molecule has 13 heavy (non-hydrogen) atoms. The van der Waals surface area contributed by atoms with Gasteiger partial charge in [-0.05, 0) is 6.07 Å². The molecule has 0 aromatic heterocycles. The summed E-state index contributed by atoms with van der Waals surface area (Å²) in [6.45, 7) is 0.870. The van der Waals surface area contributed by atoms with Gasteiger partial charge in [-0.1, -0.05) is 18.2 Å². The zero-order valence-electron chi connectivity index (χ0n) is 7.42. The van der Waals surface area contributed by atoms with E-state index in [9.17, 15) is 4.39 Å². The van der Waals surface area contributed by atoms with Crippen LogP contribution in [0, 0.1) is 5.82 Å². The molecule has 0 radical (unpaired) electrons. The minimum Gasteiger partial charge on any atom is -0.375 e. The first-order valence-electron chi connectivity index (χ1n) is 4.16. The Labute approximate surface area is 76.3 Å². The summed E-state index contributed by atoms with van der Waals surface area (Å²) >= 11 is 0. The Kier molecular flexibility index (Phi) is 2.06. The van der Waals surface area contributed by atoms with Crippen LogP contribution in [-0.2, 0) is 15.1 Å². The third-order valence-corrected chi connectivity index (χ3v) is 2.43. The first-order valence-corrected chi connectivity index (χ1v) is 4.16. The predicted molar refractivity (Wildman–Crippen MR) is 45.9 cm³/mol. The van der Waals surface area contributed by atoms with Crippen molar-refractivity contribution in [1.29, 1.82) is 0 Å². The van der Waals surface area contributed by atoms with Crippen molar-refractivity contribution < 1.29 is 13.9 Å². The molecule has 1 saturated heterocycles. The van der Waals surface area contributed by atoms with Crippen molar-refractivity contribution in [3.8, 4) is 0 Å². The van der Waals surface area contributed by atoms with E-state index in [1.807, 2.05) is 0 Å². The highest BCUT2D eigenvalue weighted by molar-refractivity contribution is 5.26. The molecule has 1 aliphatic rings. The topological polar surface area (TPSA) is 18.5 Å². The Morgan fingerprint density at radius 3 is 2.54 bits per heavy atom. The molecule has 1 heterocycles. The molecule has 0 atom stereocenters. The first kappa shape index (κ1) is 8.66. The van der Waals surface area contributed by atoms with Crippen LogP contribution in [0.3, 0.4) is 0 Å². The van der Waals surface area contributed by atoms with Crippen LogP contribution in [0.1, 0.15) is 5.56 Å². The molecule has 0 unspecified atom stereocenters. The Balaban J connectivity index is 2.38. The van der Waals surface area contributed by atoms with Crippen LogP contribution in [0.25, 0.3) is 0 Å². The van der Waals surface area contributed by atoms with Crippen LogP contribution < -0.4 is 0 Å². The SMILES string of the molecule is COC1(c2ccccc2F)COC1. The van der Waals surface area contributed by atoms with Gasteiger partial charge in [0.1, 0.15) is 11.4 Å². The second-order valence-electron chi connectivity index (χ2n) is 3.17. The van der Waals surface area contributed by atoms with E-state index in [2.05, 4.69) is 0 Å². The Hall–Kier alpha value is -0.930. The number of benzene rings is 1. The van der Waals surface area contributed by atoms with Crippen LogP contribution >= 0.6 is 0 Å². The molecule has 2 nitrogen and oxygen atoms in total. The Morgan fingerprint density at radius 1 is 1.38 bits per heavy atom. The zero-order valence-corrected chi connectivity index (χ0v) is 7.42. The molecule has 70 valence electrons. The largest absolute Gasteiger partial charge is 0.375 e. The lowest BCUT2D eigenvalue weighted by atomic mass is 9.91. The second kappa shape index (κ2) is 3.09. The Bertz CT molecular complexity index is 302. The van der Waals surface area contributed by atoms with Crippen LogP contribution in [0.2, 0.25) is 0 Å². The van der Waals surface area contributed by atoms with E-state index in [1.54, 1.807) is 25.3 Å². The number of hydrogen-bond acceptors (Lipinski definition) is 2. The first-order chi connectivity index (χ1) is 6.28. The average Bonchev–Trinajstić information content (AvgIpc) is 2.07. The highest BCUT2D eigenvalue weighted by atomic mass is 19.1. The summed E-state index contributed by atoms with van der Waals surface area (Å²) in [5.74, 6) is -0.229. The van der Waals surface area contributed by atoms with Gasteiger partial charge in [-0.3, -0.25) is 0 Å². The fourth-order valence-electron chi connectivity index (χ4n) is 1.50. The van der Waals surface area contributed by atoms with Gasteiger partial charge in [-0.15, -0.1) is 0 Å². The minimum atomic E-state index is -0.550. The number of ether oxygens (including phenoxy) is 2. The minimum absolute atomic E-state index is 0.229. The maximum absolute atomic E-state index is 13.4. The molecule has 0 spiro atoms. The van der Waals surface area contributed by atoms with Gasteiger partial charge in [0.05, 0.1) is 13.2 Å². The third-order valence-electron chi connectivity index (χ3n) is 2.43. The summed E-state index contributed by atoms with van der Waals surface area (Å²) in [6.07, 6.45) is 0. The van der Waals surface area contributed by atoms with E-state index in [1.165, 1.54) is 6.07 Å². The molecular formula is C10H11FO2. The fourth-order valence-corrected chi connectivity index (χ4v) is 1.50. The number of rotatable bonds is 2. The summed E-state index contributed by atoms with van der Waals surface area (Å²) in [5.41, 5.74) is 0.0366. The van der Waals surface area contributed by atoms with Crippen molar-refractivity contribution >= 4 is 0 Å². The standard InChI is InChI=1S/C10H11FO2/c1-12-10(6-13-7-10)8-4-2-3-5-9(8)11/h2-5H,6-7H2,1H3. The van der Waals surface area contributed by atoms with Gasteiger partial charge in [0.25, 0.3) is 0 Å². The summed E-state index contributed by atoms with van der Waals surface area (Å²) in [5, 5.41) is 0. The number of hydrogen-bond donors (Lipinski definition) is 0. The van der Waals surface area contributed by atoms with Gasteiger partial charge in [-0.2, -0.15) is 0 Å². The average molecular weight is 182 g/mol. The summed E-state index contributed by atoms with van der Waals surface area (Å²) in [6, 6.07) is 6.65. The number of halogens is 1. The third kappa shape index (κ3) is 1.24. The van der Waals surface area contributed by atoms with Crippen molar-refractivity contribution in [3.63, 3.8) is 0 Å². The lowest BCUT2D eigenvalue weighted by Gasteiger charge is -2.40. The molecule has 1 fully saturated rings. The van der Waals surface area contributed by atoms with Crippen LogP contribution in [-0.4, -0.2) is 20.3 Å². The molecule has 1 aliphatic heterocycles. The van der Waals surface area contributed by atoms with Gasteiger partial charge >= 0.3 is 0 Å². The zero-order chi connectivity index (χ0) is 9.31. The van der Waals surface area contributed by atoms with Gasteiger partial charge in [0, 0.05) is 12.7 Å². The lowest BCUT2D eigenvalue weighted by molar-refractivity contribution is -0.204. The van der Waals surface area contributed by atoms with E-state index >= 15 is 0 Å². The molecule has 3 heteroatoms. The van der Waals surface area contributed by atoms with Gasteiger partial charge < -0.3 is 9.47 Å². The predicted octanol–water partition coefficient (Wildman–Crippen LogP) is 1.70. The molecule has 0 aliphatic carbocycles. The van der Waals surface area contributed by atoms with Crippen molar-refractivity contribution in [2.24, 2.45) is 0 Å². The molecule has 2 rings (SSSR count). The summed E-state index contributed by atoms with van der Waals surface area (Å²) in [4.78, 5) is 0. The molecule has 0 N–H and O–H groups in total. The lowest BCUT2D eigenvalue weighted by Crippen LogP contribution is -2.48. The van der Waals surface area contributed by atoms with E-state index in [4.69, 9.17) is 9.47 Å². The van der Waals surface area contributed by atoms with Crippen LogP contribution in [0.4, 0.5) is 4.39 Å². The maximum atomic E-state index is 13.4. The normalized spacial score (nSPS) is 19.5. The van der Waals surface area contributed by atoms with Crippen molar-refractivity contribution in [2.75, 3.05) is 20.3 Å². The smallest absolute Gasteiger partial charge is 0.142 e. The molecule has 1 aromatic rings. The van der Waals surface area contributed by atoms with Gasteiger partial charge in [0.2, 0.25) is 0 Å². The molecule has 0 bridgehead atoms. The maximum Gasteiger partial charge on any atom is 0.142 e. The molecular weight excluding hydrogens is 171 g/mol. The van der Waals surface area contributed by atoms with E-state index in [-0.39, 0.29) is 5.82 Å². The summed E-state index contributed by atoms with van der Waals surface area (Å²) in [7, 11) is 1.58. The fraction of sp³-hybridized carbons (Fsp3) is 0.400. The Morgan fingerprint density at radius 2 is 2.08 bits per heavy atom. The monoisotopic (exact) mass is 182 g/mol. The quantitative estimate of drug-likeness (QED) is 0.693. The van der Waals surface area contributed by atoms with Crippen molar-refractivity contribution in [2.45, 2.75) is 5.60 Å². The van der Waals surface area contributed by atoms with Crippen molar-refractivity contribution in [3.05, 3.63) is 35.6 Å². The molecule has 0 saturated carbocycles. The van der Waals surface area contributed by atoms with E-state index in [0.29, 0.717) is 18.8 Å². The highest BCUT2D eigenvalue weighted by Gasteiger charge is 2.42. The van der Waals surface area contributed by atoms with Gasteiger partial charge in [-0.25, -0.2) is 4.39 Å². The van der Waals surface area contributed by atoms with E-state index < -0.39 is 5.60 Å². The van der Waals surface area contributed by atoms with Crippen molar-refractivity contribution in [1.82, 2.24) is 0 Å². The highest BCUT2D eigenvalue weighted by Crippen LogP contribution is 2.34. The number of methoxy groups -OCH3 is 1. The molecule has 1 aromatic carbocycles. The van der Waals surface area contributed by atoms with Gasteiger partial charge in [0.15, 0.2) is 0 Å². The molecule has 0 amide bonds. The summed E-state index contributed by atoms with van der Waals surface area (Å²) < 4.78 is 23.7.